The Balaban J connectivity index is 1.72. The van der Waals surface area contributed by atoms with Crippen molar-refractivity contribution in [2.45, 2.75) is 24.2 Å². The second kappa shape index (κ2) is 6.93. The van der Waals surface area contributed by atoms with Gasteiger partial charge in [0.05, 0.1) is 4.90 Å². The number of fused-ring (bicyclic) bond motifs is 1. The summed E-state index contributed by atoms with van der Waals surface area (Å²) in [6.45, 7) is 0.535. The van der Waals surface area contributed by atoms with Gasteiger partial charge in [-0.25, -0.2) is 8.42 Å². The molecule has 0 aliphatic heterocycles. The van der Waals surface area contributed by atoms with Gasteiger partial charge in [-0.2, -0.15) is 0 Å². The van der Waals surface area contributed by atoms with Gasteiger partial charge in [0, 0.05) is 24.0 Å². The number of benzene rings is 2. The fourth-order valence-corrected chi connectivity index (χ4v) is 5.84. The summed E-state index contributed by atoms with van der Waals surface area (Å²) in [5, 5.41) is 4.91. The van der Waals surface area contributed by atoms with Gasteiger partial charge in [-0.05, 0) is 54.1 Å². The Kier molecular flexibility index (Phi) is 4.63. The zero-order chi connectivity index (χ0) is 18.1. The van der Waals surface area contributed by atoms with Crippen molar-refractivity contribution in [1.82, 2.24) is 0 Å². The molecule has 1 aliphatic carbocycles. The van der Waals surface area contributed by atoms with Crippen molar-refractivity contribution >= 4 is 42.1 Å². The second-order valence-corrected chi connectivity index (χ2v) is 9.63. The number of nitrogens with one attached hydrogen (secondary N) is 1. The van der Waals surface area contributed by atoms with Crippen LogP contribution in [0.4, 0.5) is 10.7 Å². The number of rotatable bonds is 7. The van der Waals surface area contributed by atoms with Crippen molar-refractivity contribution in [1.29, 1.82) is 0 Å². The molecule has 6 heteroatoms. The van der Waals surface area contributed by atoms with Crippen LogP contribution in [0.1, 0.15) is 19.3 Å². The molecule has 136 valence electrons. The molecule has 1 fully saturated rings. The first-order valence-corrected chi connectivity index (χ1v) is 11.1. The zero-order valence-electron chi connectivity index (χ0n) is 14.7. The Labute approximate surface area is 158 Å². The molecule has 26 heavy (non-hydrogen) atoms. The van der Waals surface area contributed by atoms with Crippen molar-refractivity contribution in [3.63, 3.8) is 0 Å². The molecular weight excluding hydrogens is 364 g/mol. The molecule has 1 N–H and O–H groups in total. The topological polar surface area (TPSA) is 49.4 Å². The summed E-state index contributed by atoms with van der Waals surface area (Å²) in [6, 6.07) is 17.0. The maximum absolute atomic E-state index is 13.4. The van der Waals surface area contributed by atoms with Crippen LogP contribution in [-0.2, 0) is 10.0 Å². The Morgan fingerprint density at radius 1 is 1.12 bits per heavy atom. The van der Waals surface area contributed by atoms with Crippen LogP contribution in [0.3, 0.4) is 0 Å². The molecule has 0 amide bonds. The van der Waals surface area contributed by atoms with Crippen LogP contribution in [0.2, 0.25) is 0 Å². The monoisotopic (exact) mass is 386 g/mol. The largest absolute Gasteiger partial charge is 0.388 e. The van der Waals surface area contributed by atoms with E-state index in [9.17, 15) is 8.42 Å². The number of anilines is 2. The lowest BCUT2D eigenvalue weighted by molar-refractivity contribution is 0.587. The summed E-state index contributed by atoms with van der Waals surface area (Å²) < 4.78 is 29.4. The number of sulfonamides is 1. The molecule has 1 aliphatic rings. The summed E-state index contributed by atoms with van der Waals surface area (Å²) in [5.41, 5.74) is 0.898. The average Bonchev–Trinajstić information content (AvgIpc) is 3.38. The van der Waals surface area contributed by atoms with Gasteiger partial charge in [0.25, 0.3) is 10.0 Å². The SMILES string of the molecule is CNc1ccc(S(=O)(=O)N(CCC2CC2)c2cc3ccccc3s2)cc1. The maximum atomic E-state index is 13.4. The van der Waals surface area contributed by atoms with E-state index in [1.807, 2.05) is 37.4 Å². The molecule has 4 rings (SSSR count). The van der Waals surface area contributed by atoms with E-state index >= 15 is 0 Å². The molecule has 0 saturated heterocycles. The van der Waals surface area contributed by atoms with Crippen LogP contribution < -0.4 is 9.62 Å². The van der Waals surface area contributed by atoms with E-state index < -0.39 is 10.0 Å². The lowest BCUT2D eigenvalue weighted by Crippen LogP contribution is -2.31. The predicted molar refractivity (Wildman–Crippen MR) is 110 cm³/mol. The molecule has 3 aromatic rings. The number of nitrogens with zero attached hydrogens (tertiary/aromatic N) is 1. The number of hydrogen-bond donors (Lipinski definition) is 1. The van der Waals surface area contributed by atoms with Gasteiger partial charge in [0.2, 0.25) is 0 Å². The fourth-order valence-electron chi connectivity index (χ4n) is 3.07. The van der Waals surface area contributed by atoms with Crippen molar-refractivity contribution in [2.24, 2.45) is 5.92 Å². The Morgan fingerprint density at radius 2 is 1.85 bits per heavy atom. The molecule has 0 bridgehead atoms. The Morgan fingerprint density at radius 3 is 2.50 bits per heavy atom. The van der Waals surface area contributed by atoms with Crippen molar-refractivity contribution in [3.8, 4) is 0 Å². The van der Waals surface area contributed by atoms with Crippen LogP contribution in [0.5, 0.6) is 0 Å². The van der Waals surface area contributed by atoms with Gasteiger partial charge in [-0.1, -0.05) is 31.0 Å². The van der Waals surface area contributed by atoms with Gasteiger partial charge in [0.1, 0.15) is 5.00 Å². The number of thiophene rings is 1. The molecule has 0 unspecified atom stereocenters. The fraction of sp³-hybridized carbons (Fsp3) is 0.300. The third kappa shape index (κ3) is 3.44. The third-order valence-electron chi connectivity index (χ3n) is 4.83. The first-order valence-electron chi connectivity index (χ1n) is 8.87. The van der Waals surface area contributed by atoms with E-state index in [-0.39, 0.29) is 0 Å². The molecule has 1 aromatic heterocycles. The first kappa shape index (κ1) is 17.4. The minimum atomic E-state index is -3.58. The zero-order valence-corrected chi connectivity index (χ0v) is 16.3. The molecule has 1 saturated carbocycles. The van der Waals surface area contributed by atoms with Gasteiger partial charge < -0.3 is 5.32 Å². The lowest BCUT2D eigenvalue weighted by atomic mass is 10.2. The molecule has 1 heterocycles. The van der Waals surface area contributed by atoms with Gasteiger partial charge in [-0.15, -0.1) is 11.3 Å². The molecule has 4 nitrogen and oxygen atoms in total. The van der Waals surface area contributed by atoms with E-state index in [1.165, 1.54) is 12.8 Å². The second-order valence-electron chi connectivity index (χ2n) is 6.71. The lowest BCUT2D eigenvalue weighted by Gasteiger charge is -2.23. The predicted octanol–water partition coefficient (Wildman–Crippen LogP) is 4.94. The highest BCUT2D eigenvalue weighted by Gasteiger charge is 2.29. The summed E-state index contributed by atoms with van der Waals surface area (Å²) in [7, 11) is -1.76. The van der Waals surface area contributed by atoms with Crippen LogP contribution in [0.15, 0.2) is 59.5 Å². The number of hydrogen-bond acceptors (Lipinski definition) is 4. The van der Waals surface area contributed by atoms with Crippen molar-refractivity contribution in [3.05, 3.63) is 54.6 Å². The Bertz CT molecular complexity index is 973. The minimum Gasteiger partial charge on any atom is -0.388 e. The molecule has 0 radical (unpaired) electrons. The summed E-state index contributed by atoms with van der Waals surface area (Å²) in [5.74, 6) is 0.675. The van der Waals surface area contributed by atoms with Crippen LogP contribution in [0, 0.1) is 5.92 Å². The van der Waals surface area contributed by atoms with Gasteiger partial charge in [-0.3, -0.25) is 4.31 Å². The highest BCUT2D eigenvalue weighted by Crippen LogP contribution is 2.38. The standard InChI is InChI=1S/C20H22N2O2S2/c1-21-17-8-10-18(11-9-17)26(23,24)22(13-12-15-6-7-15)20-14-16-4-2-3-5-19(16)25-20/h2-5,8-11,14-15,21H,6-7,12-13H2,1H3. The molecule has 0 atom stereocenters. The molecule has 2 aromatic carbocycles. The molecular formula is C20H22N2O2S2. The summed E-state index contributed by atoms with van der Waals surface area (Å²) in [4.78, 5) is 0.338. The van der Waals surface area contributed by atoms with Gasteiger partial charge >= 0.3 is 0 Å². The van der Waals surface area contributed by atoms with E-state index in [1.54, 1.807) is 39.9 Å². The Hall–Kier alpha value is -2.05. The van der Waals surface area contributed by atoms with E-state index in [0.29, 0.717) is 17.4 Å². The van der Waals surface area contributed by atoms with Crippen LogP contribution in [0.25, 0.3) is 10.1 Å². The minimum absolute atomic E-state index is 0.338. The normalized spacial score (nSPS) is 14.5. The van der Waals surface area contributed by atoms with E-state index in [0.717, 1.165) is 27.2 Å². The smallest absolute Gasteiger partial charge is 0.264 e. The van der Waals surface area contributed by atoms with E-state index in [4.69, 9.17) is 0 Å². The highest BCUT2D eigenvalue weighted by molar-refractivity contribution is 7.93. The summed E-state index contributed by atoms with van der Waals surface area (Å²) in [6.07, 6.45) is 3.36. The van der Waals surface area contributed by atoms with Crippen molar-refractivity contribution in [2.75, 3.05) is 23.2 Å². The van der Waals surface area contributed by atoms with Crippen LogP contribution >= 0.6 is 11.3 Å². The third-order valence-corrected chi connectivity index (χ3v) is 7.91. The van der Waals surface area contributed by atoms with Crippen molar-refractivity contribution < 1.29 is 8.42 Å². The molecule has 0 spiro atoms. The van der Waals surface area contributed by atoms with Gasteiger partial charge in [0.15, 0.2) is 0 Å². The quantitative estimate of drug-likeness (QED) is 0.626. The maximum Gasteiger partial charge on any atom is 0.264 e. The first-order chi connectivity index (χ1) is 12.6. The van der Waals surface area contributed by atoms with Crippen LogP contribution in [-0.4, -0.2) is 22.0 Å². The average molecular weight is 387 g/mol. The van der Waals surface area contributed by atoms with E-state index in [2.05, 4.69) is 5.32 Å². The summed E-state index contributed by atoms with van der Waals surface area (Å²) >= 11 is 1.54. The highest BCUT2D eigenvalue weighted by atomic mass is 32.2.